The molecule has 3 heterocycles. The van der Waals surface area contributed by atoms with E-state index in [-0.39, 0.29) is 0 Å². The number of piperidine rings is 1. The van der Waals surface area contributed by atoms with Crippen molar-refractivity contribution in [1.82, 2.24) is 9.88 Å². The minimum Gasteiger partial charge on any atom is -0.497 e. The molecule has 2 aromatic rings. The lowest BCUT2D eigenvalue weighted by Crippen LogP contribution is -2.44. The zero-order chi connectivity index (χ0) is 15.3. The summed E-state index contributed by atoms with van der Waals surface area (Å²) in [5.41, 5.74) is 8.60. The van der Waals surface area contributed by atoms with Crippen molar-refractivity contribution in [3.05, 3.63) is 40.4 Å². The third kappa shape index (κ3) is 1.96. The highest BCUT2D eigenvalue weighted by atomic mass is 32.1. The number of fused-ring (bicyclic) bond motifs is 2. The zero-order valence-corrected chi connectivity index (χ0v) is 13.8. The minimum absolute atomic E-state index is 0.406. The summed E-state index contributed by atoms with van der Waals surface area (Å²) in [5.74, 6) is 1.37. The Hall–Kier alpha value is -1.59. The van der Waals surface area contributed by atoms with Crippen molar-refractivity contribution < 1.29 is 4.74 Å². The highest BCUT2D eigenvalue weighted by Crippen LogP contribution is 2.57. The standard InChI is InChI=1S/C17H21N3OS/c1-3-20-13-9-8-12(14-16(13)22-17(18)19-14)15(20)10-4-6-11(21-2)7-5-10/h4-7,12-13,15H,3,8-9H2,1-2H3,(H2,18,19). The van der Waals surface area contributed by atoms with Crippen molar-refractivity contribution in [2.75, 3.05) is 19.4 Å². The lowest BCUT2D eigenvalue weighted by molar-refractivity contribution is 0.0520. The molecule has 3 unspecified atom stereocenters. The molecule has 1 fully saturated rings. The summed E-state index contributed by atoms with van der Waals surface area (Å²) >= 11 is 1.68. The molecule has 0 spiro atoms. The molecule has 1 aliphatic carbocycles. The number of ether oxygens (including phenoxy) is 1. The van der Waals surface area contributed by atoms with Crippen LogP contribution in [0.3, 0.4) is 0 Å². The molecule has 2 N–H and O–H groups in total. The van der Waals surface area contributed by atoms with Crippen LogP contribution < -0.4 is 10.5 Å². The van der Waals surface area contributed by atoms with E-state index in [1.807, 2.05) is 0 Å². The summed E-state index contributed by atoms with van der Waals surface area (Å²) in [7, 11) is 1.71. The topological polar surface area (TPSA) is 51.4 Å². The second kappa shape index (κ2) is 5.25. The Morgan fingerprint density at radius 2 is 2.09 bits per heavy atom. The second-order valence-corrected chi connectivity index (χ2v) is 7.11. The lowest BCUT2D eigenvalue weighted by Gasteiger charge is -2.50. The van der Waals surface area contributed by atoms with Crippen LogP contribution in [-0.4, -0.2) is 23.5 Å². The van der Waals surface area contributed by atoms with Crippen molar-refractivity contribution in [1.29, 1.82) is 0 Å². The summed E-state index contributed by atoms with van der Waals surface area (Å²) in [5, 5.41) is 0.716. The van der Waals surface area contributed by atoms with Gasteiger partial charge in [0, 0.05) is 22.9 Å². The van der Waals surface area contributed by atoms with Gasteiger partial charge in [-0.05, 0) is 37.1 Å². The van der Waals surface area contributed by atoms with E-state index in [9.17, 15) is 0 Å². The summed E-state index contributed by atoms with van der Waals surface area (Å²) in [4.78, 5) is 8.68. The van der Waals surface area contributed by atoms with Gasteiger partial charge in [0.2, 0.25) is 0 Å². The quantitative estimate of drug-likeness (QED) is 0.937. The molecule has 0 radical (unpaired) electrons. The largest absolute Gasteiger partial charge is 0.497 e. The number of thiazole rings is 1. The second-order valence-electron chi connectivity index (χ2n) is 6.05. The molecule has 3 aliphatic rings. The first-order valence-corrected chi connectivity index (χ1v) is 8.70. The highest BCUT2D eigenvalue weighted by molar-refractivity contribution is 7.15. The van der Waals surface area contributed by atoms with Gasteiger partial charge in [-0.15, -0.1) is 11.3 Å². The zero-order valence-electron chi connectivity index (χ0n) is 13.0. The Morgan fingerprint density at radius 1 is 1.32 bits per heavy atom. The van der Waals surface area contributed by atoms with Gasteiger partial charge in [0.05, 0.1) is 12.8 Å². The van der Waals surface area contributed by atoms with Crippen LogP contribution in [0.15, 0.2) is 24.3 Å². The Balaban J connectivity index is 1.78. The number of rotatable bonds is 3. The molecule has 1 aromatic heterocycles. The van der Waals surface area contributed by atoms with Crippen molar-refractivity contribution in [2.45, 2.75) is 37.8 Å². The summed E-state index contributed by atoms with van der Waals surface area (Å²) in [6.07, 6.45) is 2.42. The molecule has 2 aliphatic heterocycles. The van der Waals surface area contributed by atoms with Crippen molar-refractivity contribution in [3.63, 3.8) is 0 Å². The smallest absolute Gasteiger partial charge is 0.180 e. The molecule has 3 atom stereocenters. The van der Waals surface area contributed by atoms with Gasteiger partial charge in [-0.1, -0.05) is 19.1 Å². The monoisotopic (exact) mass is 315 g/mol. The third-order valence-corrected chi connectivity index (χ3v) is 6.07. The van der Waals surface area contributed by atoms with Crippen LogP contribution in [0.2, 0.25) is 0 Å². The van der Waals surface area contributed by atoms with Crippen LogP contribution in [0.4, 0.5) is 5.13 Å². The minimum atomic E-state index is 0.406. The SMILES string of the molecule is CCN1C2CCC(c3nc(N)sc32)C1c1ccc(OC)cc1. The predicted octanol–water partition coefficient (Wildman–Crippen LogP) is 3.73. The normalized spacial score (nSPS) is 26.9. The van der Waals surface area contributed by atoms with E-state index in [1.165, 1.54) is 29.0 Å². The Morgan fingerprint density at radius 3 is 2.77 bits per heavy atom. The summed E-state index contributed by atoms with van der Waals surface area (Å²) in [6.45, 7) is 3.30. The van der Waals surface area contributed by atoms with E-state index in [0.717, 1.165) is 12.3 Å². The van der Waals surface area contributed by atoms with Gasteiger partial charge in [-0.2, -0.15) is 0 Å². The van der Waals surface area contributed by atoms with Crippen LogP contribution in [0.25, 0.3) is 0 Å². The average molecular weight is 315 g/mol. The van der Waals surface area contributed by atoms with Gasteiger partial charge < -0.3 is 10.5 Å². The maximum absolute atomic E-state index is 5.99. The fourth-order valence-electron chi connectivity index (χ4n) is 4.16. The van der Waals surface area contributed by atoms with Crippen LogP contribution >= 0.6 is 11.3 Å². The van der Waals surface area contributed by atoms with Gasteiger partial charge in [0.1, 0.15) is 5.75 Å². The molecule has 22 heavy (non-hydrogen) atoms. The number of benzene rings is 1. The van der Waals surface area contributed by atoms with Crippen molar-refractivity contribution in [3.8, 4) is 5.75 Å². The fourth-order valence-corrected chi connectivity index (χ4v) is 5.22. The van der Waals surface area contributed by atoms with E-state index in [0.29, 0.717) is 23.1 Å². The van der Waals surface area contributed by atoms with E-state index in [2.05, 4.69) is 41.1 Å². The van der Waals surface area contributed by atoms with Crippen LogP contribution in [0.5, 0.6) is 5.75 Å². The number of hydrogen-bond donors (Lipinski definition) is 1. The van der Waals surface area contributed by atoms with E-state index >= 15 is 0 Å². The molecule has 0 amide bonds. The number of nitrogens with zero attached hydrogens (tertiary/aromatic N) is 2. The maximum Gasteiger partial charge on any atom is 0.180 e. The molecule has 4 nitrogen and oxygen atoms in total. The predicted molar refractivity (Wildman–Crippen MR) is 89.4 cm³/mol. The van der Waals surface area contributed by atoms with Crippen LogP contribution in [0, 0.1) is 0 Å². The molecule has 116 valence electrons. The van der Waals surface area contributed by atoms with Crippen molar-refractivity contribution >= 4 is 16.5 Å². The average Bonchev–Trinajstić information content (AvgIpc) is 2.97. The first-order valence-electron chi connectivity index (χ1n) is 7.88. The first kappa shape index (κ1) is 14.0. The van der Waals surface area contributed by atoms with Gasteiger partial charge in [-0.3, -0.25) is 4.90 Å². The Labute approximate surface area is 134 Å². The van der Waals surface area contributed by atoms with Crippen LogP contribution in [-0.2, 0) is 0 Å². The number of aromatic nitrogens is 1. The summed E-state index contributed by atoms with van der Waals surface area (Å²) in [6, 6.07) is 9.39. The van der Waals surface area contributed by atoms with Gasteiger partial charge in [0.25, 0.3) is 0 Å². The van der Waals surface area contributed by atoms with Gasteiger partial charge >= 0.3 is 0 Å². The molecule has 5 rings (SSSR count). The molecular formula is C17H21N3OS. The molecule has 1 saturated heterocycles. The fraction of sp³-hybridized carbons (Fsp3) is 0.471. The van der Waals surface area contributed by atoms with Crippen LogP contribution in [0.1, 0.15) is 53.9 Å². The summed E-state index contributed by atoms with van der Waals surface area (Å²) < 4.78 is 5.29. The number of nitrogens with two attached hydrogens (primary N) is 1. The third-order valence-electron chi connectivity index (χ3n) is 5.06. The first-order chi connectivity index (χ1) is 10.7. The molecular weight excluding hydrogens is 294 g/mol. The van der Waals surface area contributed by atoms with E-state index in [4.69, 9.17) is 10.5 Å². The maximum atomic E-state index is 5.99. The highest BCUT2D eigenvalue weighted by Gasteiger charge is 2.47. The number of hydrogen-bond acceptors (Lipinski definition) is 5. The number of methoxy groups -OCH3 is 1. The number of nitrogen functional groups attached to an aromatic ring is 1. The van der Waals surface area contributed by atoms with Gasteiger partial charge in [0.15, 0.2) is 5.13 Å². The molecule has 1 aromatic carbocycles. The number of anilines is 1. The Kier molecular flexibility index (Phi) is 3.35. The lowest BCUT2D eigenvalue weighted by atomic mass is 9.74. The molecule has 0 saturated carbocycles. The van der Waals surface area contributed by atoms with E-state index in [1.54, 1.807) is 18.4 Å². The van der Waals surface area contributed by atoms with E-state index < -0.39 is 0 Å². The Bertz CT molecular complexity index is 682. The van der Waals surface area contributed by atoms with Crippen molar-refractivity contribution in [2.24, 2.45) is 0 Å². The molecule has 5 heteroatoms. The molecule has 2 bridgehead atoms. The van der Waals surface area contributed by atoms with Gasteiger partial charge in [-0.25, -0.2) is 4.98 Å². The number of likely N-dealkylation sites (N-methyl/N-ethyl adjacent to an activating group) is 1.